The first-order valence-corrected chi connectivity index (χ1v) is 13.1. The number of nitrogens with zero attached hydrogens (tertiary/aromatic N) is 5. The van der Waals surface area contributed by atoms with E-state index in [1.807, 2.05) is 23.6 Å². The summed E-state index contributed by atoms with van der Waals surface area (Å²) in [5.41, 5.74) is 2.78. The molecule has 0 atom stereocenters. The first kappa shape index (κ1) is 26.8. The standard InChI is InChI=1S/C28H31ClN6O4/c1-17-7-10-30-18(11-17)13-35-24(33-23-25(35)31-16-32-26(23)39-28(4)8-9-28)20-6-5-19(12-21(20)29)38-14-22(37)34-27(2,3)15-36/h5-7,10-12,16,36H,8-9,13-15H2,1-4H3,(H,34,37). The molecule has 0 aliphatic heterocycles. The first-order chi connectivity index (χ1) is 18.6. The lowest BCUT2D eigenvalue weighted by molar-refractivity contribution is -0.125. The number of imidazole rings is 1. The van der Waals surface area contributed by atoms with E-state index in [4.69, 9.17) is 26.1 Å². The molecule has 2 N–H and O–H groups in total. The van der Waals surface area contributed by atoms with Crippen LogP contribution >= 0.6 is 11.6 Å². The lowest BCUT2D eigenvalue weighted by Crippen LogP contribution is -2.48. The fraction of sp³-hybridized carbons (Fsp3) is 0.393. The lowest BCUT2D eigenvalue weighted by Gasteiger charge is -2.23. The van der Waals surface area contributed by atoms with Crippen molar-refractivity contribution in [3.05, 3.63) is 59.1 Å². The highest BCUT2D eigenvalue weighted by molar-refractivity contribution is 6.33. The molecule has 3 aromatic heterocycles. The van der Waals surface area contributed by atoms with Crippen LogP contribution in [-0.2, 0) is 11.3 Å². The van der Waals surface area contributed by atoms with E-state index in [2.05, 4.69) is 27.2 Å². The predicted molar refractivity (Wildman–Crippen MR) is 147 cm³/mol. The van der Waals surface area contributed by atoms with E-state index in [1.165, 1.54) is 6.33 Å². The number of aliphatic hydroxyl groups is 1. The van der Waals surface area contributed by atoms with Gasteiger partial charge in [0.1, 0.15) is 23.5 Å². The highest BCUT2D eigenvalue weighted by Gasteiger charge is 2.41. The number of ether oxygens (including phenoxy) is 2. The van der Waals surface area contributed by atoms with Crippen molar-refractivity contribution in [3.8, 4) is 23.0 Å². The molecular formula is C28H31ClN6O4. The number of aromatic nitrogens is 5. The molecule has 5 rings (SSSR count). The van der Waals surface area contributed by atoms with Crippen LogP contribution in [0.15, 0.2) is 42.9 Å². The van der Waals surface area contributed by atoms with Gasteiger partial charge in [0.25, 0.3) is 5.91 Å². The summed E-state index contributed by atoms with van der Waals surface area (Å²) in [6, 6.07) is 9.13. The van der Waals surface area contributed by atoms with Crippen molar-refractivity contribution in [3.63, 3.8) is 0 Å². The SMILES string of the molecule is Cc1ccnc(Cn2c(-c3ccc(OCC(=O)NC(C)(C)CO)cc3Cl)nc3c(OC4(C)CC4)ncnc32)c1. The number of aryl methyl sites for hydroxylation is 1. The highest BCUT2D eigenvalue weighted by atomic mass is 35.5. The molecule has 0 bridgehead atoms. The normalized spacial score (nSPS) is 14.3. The van der Waals surface area contributed by atoms with Gasteiger partial charge < -0.3 is 24.5 Å². The summed E-state index contributed by atoms with van der Waals surface area (Å²) in [4.78, 5) is 30.6. The Balaban J connectivity index is 1.49. The Morgan fingerprint density at radius 1 is 1.21 bits per heavy atom. The summed E-state index contributed by atoms with van der Waals surface area (Å²) in [7, 11) is 0. The van der Waals surface area contributed by atoms with Crippen molar-refractivity contribution in [2.75, 3.05) is 13.2 Å². The Labute approximate surface area is 231 Å². The molecule has 1 amide bonds. The van der Waals surface area contributed by atoms with Gasteiger partial charge in [-0.15, -0.1) is 0 Å². The van der Waals surface area contributed by atoms with Gasteiger partial charge in [0.15, 0.2) is 17.8 Å². The molecule has 1 fully saturated rings. The van der Waals surface area contributed by atoms with Gasteiger partial charge >= 0.3 is 0 Å². The van der Waals surface area contributed by atoms with Gasteiger partial charge in [-0.1, -0.05) is 11.6 Å². The molecule has 0 saturated heterocycles. The zero-order chi connectivity index (χ0) is 27.8. The number of rotatable bonds is 10. The quantitative estimate of drug-likeness (QED) is 0.302. The van der Waals surface area contributed by atoms with Gasteiger partial charge in [-0.3, -0.25) is 9.78 Å². The van der Waals surface area contributed by atoms with Gasteiger partial charge in [0.05, 0.1) is 29.4 Å². The van der Waals surface area contributed by atoms with E-state index < -0.39 is 5.54 Å². The number of pyridine rings is 1. The topological polar surface area (TPSA) is 124 Å². The molecule has 0 unspecified atom stereocenters. The van der Waals surface area contributed by atoms with Crippen LogP contribution in [0.5, 0.6) is 11.6 Å². The van der Waals surface area contributed by atoms with Crippen LogP contribution in [0.1, 0.15) is 44.9 Å². The second kappa shape index (κ2) is 10.4. The average Bonchev–Trinajstić information content (AvgIpc) is 3.50. The average molecular weight is 551 g/mol. The van der Waals surface area contributed by atoms with Gasteiger partial charge in [-0.05, 0) is 76.4 Å². The van der Waals surface area contributed by atoms with Crippen LogP contribution in [0.4, 0.5) is 0 Å². The summed E-state index contributed by atoms with van der Waals surface area (Å²) >= 11 is 6.74. The number of amides is 1. The van der Waals surface area contributed by atoms with Crippen molar-refractivity contribution in [1.82, 2.24) is 29.8 Å². The number of carbonyl (C=O) groups is 1. The molecule has 39 heavy (non-hydrogen) atoms. The Morgan fingerprint density at radius 2 is 2.00 bits per heavy atom. The summed E-state index contributed by atoms with van der Waals surface area (Å²) in [6.45, 7) is 7.53. The second-order valence-corrected chi connectivity index (χ2v) is 11.2. The Morgan fingerprint density at radius 3 is 2.69 bits per heavy atom. The second-order valence-electron chi connectivity index (χ2n) is 10.8. The minimum Gasteiger partial charge on any atom is -0.484 e. The maximum atomic E-state index is 12.2. The molecule has 1 saturated carbocycles. The third-order valence-corrected chi connectivity index (χ3v) is 6.82. The van der Waals surface area contributed by atoms with Crippen molar-refractivity contribution >= 4 is 28.7 Å². The number of aliphatic hydroxyl groups excluding tert-OH is 1. The molecular weight excluding hydrogens is 520 g/mol. The van der Waals surface area contributed by atoms with E-state index in [1.54, 1.807) is 38.2 Å². The van der Waals surface area contributed by atoms with E-state index in [-0.39, 0.29) is 24.7 Å². The molecule has 0 spiro atoms. The van der Waals surface area contributed by atoms with Crippen molar-refractivity contribution in [2.24, 2.45) is 0 Å². The number of carbonyl (C=O) groups excluding carboxylic acids is 1. The first-order valence-electron chi connectivity index (χ1n) is 12.7. The maximum Gasteiger partial charge on any atom is 0.258 e. The Kier molecular flexibility index (Phi) is 7.17. The van der Waals surface area contributed by atoms with Gasteiger partial charge in [-0.25, -0.2) is 9.97 Å². The van der Waals surface area contributed by atoms with Crippen LogP contribution in [0, 0.1) is 6.92 Å². The zero-order valence-electron chi connectivity index (χ0n) is 22.4. The molecule has 204 valence electrons. The van der Waals surface area contributed by atoms with Crippen molar-refractivity contribution in [1.29, 1.82) is 0 Å². The number of benzene rings is 1. The van der Waals surface area contributed by atoms with E-state index in [0.29, 0.717) is 45.7 Å². The van der Waals surface area contributed by atoms with E-state index >= 15 is 0 Å². The third-order valence-electron chi connectivity index (χ3n) is 6.51. The number of fused-ring (bicyclic) bond motifs is 1. The fourth-order valence-corrected chi connectivity index (χ4v) is 4.33. The summed E-state index contributed by atoms with van der Waals surface area (Å²) in [5, 5.41) is 12.5. The lowest BCUT2D eigenvalue weighted by atomic mass is 10.1. The molecule has 3 heterocycles. The fourth-order valence-electron chi connectivity index (χ4n) is 4.07. The molecule has 1 aliphatic carbocycles. The highest BCUT2D eigenvalue weighted by Crippen LogP contribution is 2.41. The Bertz CT molecular complexity index is 1530. The van der Waals surface area contributed by atoms with Crippen LogP contribution in [-0.4, -0.2) is 59.9 Å². The van der Waals surface area contributed by atoms with Crippen molar-refractivity contribution < 1.29 is 19.4 Å². The van der Waals surface area contributed by atoms with Gasteiger partial charge in [0.2, 0.25) is 5.88 Å². The van der Waals surface area contributed by atoms with Gasteiger partial charge in [-0.2, -0.15) is 4.98 Å². The van der Waals surface area contributed by atoms with Gasteiger partial charge in [0, 0.05) is 11.8 Å². The monoisotopic (exact) mass is 550 g/mol. The summed E-state index contributed by atoms with van der Waals surface area (Å²) in [6.07, 6.45) is 5.18. The van der Waals surface area contributed by atoms with Crippen molar-refractivity contribution in [2.45, 2.75) is 58.2 Å². The summed E-state index contributed by atoms with van der Waals surface area (Å²) < 4.78 is 13.8. The molecule has 1 aromatic carbocycles. The number of hydrogen-bond acceptors (Lipinski definition) is 8. The third kappa shape index (κ3) is 6.12. The van der Waals surface area contributed by atoms with Crippen LogP contribution in [0.3, 0.4) is 0 Å². The Hall–Kier alpha value is -3.76. The van der Waals surface area contributed by atoms with Crippen LogP contribution < -0.4 is 14.8 Å². The molecule has 11 heteroatoms. The summed E-state index contributed by atoms with van der Waals surface area (Å²) in [5.74, 6) is 1.09. The molecule has 10 nitrogen and oxygen atoms in total. The number of halogens is 1. The molecule has 1 aliphatic rings. The minimum atomic E-state index is -0.741. The van der Waals surface area contributed by atoms with E-state index in [0.717, 1.165) is 24.1 Å². The zero-order valence-corrected chi connectivity index (χ0v) is 23.1. The minimum absolute atomic E-state index is 0.186. The molecule has 4 aromatic rings. The number of nitrogens with one attached hydrogen (secondary N) is 1. The van der Waals surface area contributed by atoms with Crippen LogP contribution in [0.2, 0.25) is 5.02 Å². The predicted octanol–water partition coefficient (Wildman–Crippen LogP) is 4.10. The largest absolute Gasteiger partial charge is 0.484 e. The maximum absolute atomic E-state index is 12.2. The smallest absolute Gasteiger partial charge is 0.258 e. The molecule has 0 radical (unpaired) electrons. The van der Waals surface area contributed by atoms with E-state index in [9.17, 15) is 9.90 Å². The van der Waals surface area contributed by atoms with Crippen LogP contribution in [0.25, 0.3) is 22.6 Å². The number of hydrogen-bond donors (Lipinski definition) is 2.